The Morgan fingerprint density at radius 1 is 0.846 bits per heavy atom. The zero-order valence-corrected chi connectivity index (χ0v) is 16.3. The van der Waals surface area contributed by atoms with E-state index in [9.17, 15) is 0 Å². The fourth-order valence-electron chi connectivity index (χ4n) is 2.94. The minimum Gasteiger partial charge on any atom is -0.315 e. The molecule has 0 N–H and O–H groups in total. The molecule has 3 aromatic carbocycles. The van der Waals surface area contributed by atoms with Crippen LogP contribution < -0.4 is 4.90 Å². The van der Waals surface area contributed by atoms with E-state index in [2.05, 4.69) is 94.7 Å². The Kier molecular flexibility index (Phi) is 6.08. The SMILES string of the molecule is C=CCCC(=C)N(c1ccc(-c2ccccc2)cc1)c1cccc(Br)c1. The molecule has 0 bridgehead atoms. The lowest BCUT2D eigenvalue weighted by atomic mass is 10.0. The molecule has 3 aromatic rings. The highest BCUT2D eigenvalue weighted by Crippen LogP contribution is 2.34. The predicted octanol–water partition coefficient (Wildman–Crippen LogP) is 7.73. The molecule has 1 nitrogen and oxygen atoms in total. The molecule has 3 rings (SSSR count). The molecule has 0 fully saturated rings. The van der Waals surface area contributed by atoms with Gasteiger partial charge in [0.2, 0.25) is 0 Å². The fraction of sp³-hybridized carbons (Fsp3) is 0.0833. The predicted molar refractivity (Wildman–Crippen MR) is 117 cm³/mol. The summed E-state index contributed by atoms with van der Waals surface area (Å²) in [5.41, 5.74) is 5.69. The van der Waals surface area contributed by atoms with Crippen molar-refractivity contribution in [1.82, 2.24) is 0 Å². The van der Waals surface area contributed by atoms with Crippen LogP contribution in [0.5, 0.6) is 0 Å². The summed E-state index contributed by atoms with van der Waals surface area (Å²) in [5, 5.41) is 0. The maximum absolute atomic E-state index is 4.32. The molecule has 0 aromatic heterocycles. The largest absolute Gasteiger partial charge is 0.315 e. The highest BCUT2D eigenvalue weighted by molar-refractivity contribution is 9.10. The summed E-state index contributed by atoms with van der Waals surface area (Å²) < 4.78 is 1.05. The van der Waals surface area contributed by atoms with Crippen LogP contribution >= 0.6 is 15.9 Å². The lowest BCUT2D eigenvalue weighted by Gasteiger charge is -2.27. The van der Waals surface area contributed by atoms with Gasteiger partial charge >= 0.3 is 0 Å². The molecular formula is C24H22BrN. The van der Waals surface area contributed by atoms with Gasteiger partial charge in [0.25, 0.3) is 0 Å². The first-order chi connectivity index (χ1) is 12.7. The first-order valence-corrected chi connectivity index (χ1v) is 9.48. The van der Waals surface area contributed by atoms with Gasteiger partial charge < -0.3 is 4.90 Å². The Hall–Kier alpha value is -2.58. The number of benzene rings is 3. The molecule has 0 spiro atoms. The van der Waals surface area contributed by atoms with Crippen LogP contribution in [0.2, 0.25) is 0 Å². The van der Waals surface area contributed by atoms with E-state index in [0.29, 0.717) is 0 Å². The van der Waals surface area contributed by atoms with E-state index in [-0.39, 0.29) is 0 Å². The number of halogens is 1. The standard InChI is InChI=1S/C24H22BrN/c1-3-4-9-19(2)26(24-13-8-12-22(25)18-24)23-16-14-21(15-17-23)20-10-6-5-7-11-20/h3,5-8,10-18H,1-2,4,9H2. The van der Waals surface area contributed by atoms with Gasteiger partial charge in [-0.2, -0.15) is 0 Å². The second-order valence-corrected chi connectivity index (χ2v) is 7.04. The quantitative estimate of drug-likeness (QED) is 0.364. The van der Waals surface area contributed by atoms with Gasteiger partial charge in [-0.25, -0.2) is 0 Å². The van der Waals surface area contributed by atoms with Crippen LogP contribution in [0.15, 0.2) is 108 Å². The number of allylic oxidation sites excluding steroid dienone is 2. The van der Waals surface area contributed by atoms with Crippen molar-refractivity contribution in [3.63, 3.8) is 0 Å². The van der Waals surface area contributed by atoms with Crippen LogP contribution in [0.25, 0.3) is 11.1 Å². The molecule has 0 aliphatic rings. The van der Waals surface area contributed by atoms with E-state index < -0.39 is 0 Å². The van der Waals surface area contributed by atoms with E-state index in [1.54, 1.807) is 0 Å². The van der Waals surface area contributed by atoms with Crippen molar-refractivity contribution in [2.75, 3.05) is 4.90 Å². The van der Waals surface area contributed by atoms with Gasteiger partial charge in [-0.1, -0.05) is 77.1 Å². The van der Waals surface area contributed by atoms with Crippen molar-refractivity contribution in [2.24, 2.45) is 0 Å². The van der Waals surface area contributed by atoms with E-state index in [1.807, 2.05) is 24.3 Å². The molecule has 0 amide bonds. The highest BCUT2D eigenvalue weighted by atomic mass is 79.9. The first kappa shape index (κ1) is 18.2. The average molecular weight is 404 g/mol. The third-order valence-electron chi connectivity index (χ3n) is 4.25. The summed E-state index contributed by atoms with van der Waals surface area (Å²) >= 11 is 3.57. The van der Waals surface area contributed by atoms with E-state index >= 15 is 0 Å². The molecule has 0 aliphatic heterocycles. The van der Waals surface area contributed by atoms with Gasteiger partial charge in [0, 0.05) is 21.5 Å². The molecule has 0 saturated carbocycles. The maximum Gasteiger partial charge on any atom is 0.0469 e. The molecule has 0 heterocycles. The topological polar surface area (TPSA) is 3.24 Å². The summed E-state index contributed by atoms with van der Waals surface area (Å²) in [6.07, 6.45) is 3.71. The molecule has 0 radical (unpaired) electrons. The van der Waals surface area contributed by atoms with Gasteiger partial charge in [-0.3, -0.25) is 0 Å². The average Bonchev–Trinajstić information content (AvgIpc) is 2.68. The van der Waals surface area contributed by atoms with Crippen molar-refractivity contribution in [1.29, 1.82) is 0 Å². The fourth-order valence-corrected chi connectivity index (χ4v) is 3.33. The normalized spacial score (nSPS) is 10.3. The van der Waals surface area contributed by atoms with Gasteiger partial charge in [0.15, 0.2) is 0 Å². The lowest BCUT2D eigenvalue weighted by molar-refractivity contribution is 0.939. The first-order valence-electron chi connectivity index (χ1n) is 8.69. The minimum atomic E-state index is 0.871. The Balaban J connectivity index is 1.96. The molecule has 0 atom stereocenters. The lowest BCUT2D eigenvalue weighted by Crippen LogP contribution is -2.15. The summed E-state index contributed by atoms with van der Waals surface area (Å²) in [5.74, 6) is 0. The highest BCUT2D eigenvalue weighted by Gasteiger charge is 2.13. The Labute approximate surface area is 164 Å². The molecular weight excluding hydrogens is 382 g/mol. The smallest absolute Gasteiger partial charge is 0.0469 e. The summed E-state index contributed by atoms with van der Waals surface area (Å²) in [6, 6.07) is 27.4. The van der Waals surface area contributed by atoms with Gasteiger partial charge in [-0.15, -0.1) is 6.58 Å². The van der Waals surface area contributed by atoms with Crippen LogP contribution in [-0.2, 0) is 0 Å². The second kappa shape index (κ2) is 8.68. The Bertz CT molecular complexity index is 882. The third-order valence-corrected chi connectivity index (χ3v) is 4.75. The molecule has 2 heteroatoms. The van der Waals surface area contributed by atoms with Crippen LogP contribution in [0, 0.1) is 0 Å². The number of anilines is 2. The monoisotopic (exact) mass is 403 g/mol. The number of nitrogens with zero attached hydrogens (tertiary/aromatic N) is 1. The third kappa shape index (κ3) is 4.33. The Morgan fingerprint density at radius 3 is 2.19 bits per heavy atom. The van der Waals surface area contributed by atoms with Crippen molar-refractivity contribution >= 4 is 27.3 Å². The zero-order chi connectivity index (χ0) is 18.4. The number of hydrogen-bond donors (Lipinski definition) is 0. The van der Waals surface area contributed by atoms with Crippen molar-refractivity contribution in [3.8, 4) is 11.1 Å². The molecule has 130 valence electrons. The van der Waals surface area contributed by atoms with Gasteiger partial charge in [0.05, 0.1) is 0 Å². The van der Waals surface area contributed by atoms with Crippen molar-refractivity contribution in [2.45, 2.75) is 12.8 Å². The van der Waals surface area contributed by atoms with Crippen LogP contribution in [-0.4, -0.2) is 0 Å². The second-order valence-electron chi connectivity index (χ2n) is 6.12. The zero-order valence-electron chi connectivity index (χ0n) is 14.7. The minimum absolute atomic E-state index is 0.871. The Morgan fingerprint density at radius 2 is 1.54 bits per heavy atom. The summed E-state index contributed by atoms with van der Waals surface area (Å²) in [7, 11) is 0. The van der Waals surface area contributed by atoms with E-state index in [1.165, 1.54) is 11.1 Å². The van der Waals surface area contributed by atoms with Gasteiger partial charge in [0.1, 0.15) is 0 Å². The molecule has 0 aliphatic carbocycles. The van der Waals surface area contributed by atoms with Gasteiger partial charge in [-0.05, 0) is 54.3 Å². The van der Waals surface area contributed by atoms with Crippen molar-refractivity contribution in [3.05, 3.63) is 108 Å². The number of rotatable bonds is 7. The van der Waals surface area contributed by atoms with Crippen molar-refractivity contribution < 1.29 is 0 Å². The molecule has 0 saturated heterocycles. The van der Waals surface area contributed by atoms with Crippen LogP contribution in [0.4, 0.5) is 11.4 Å². The number of hydrogen-bond acceptors (Lipinski definition) is 1. The van der Waals surface area contributed by atoms with Crippen LogP contribution in [0.1, 0.15) is 12.8 Å². The maximum atomic E-state index is 4.32. The summed E-state index contributed by atoms with van der Waals surface area (Å²) in [4.78, 5) is 2.21. The van der Waals surface area contributed by atoms with Crippen LogP contribution in [0.3, 0.4) is 0 Å². The van der Waals surface area contributed by atoms with E-state index in [4.69, 9.17) is 0 Å². The van der Waals surface area contributed by atoms with E-state index in [0.717, 1.165) is 34.4 Å². The summed E-state index contributed by atoms with van der Waals surface area (Å²) in [6.45, 7) is 8.15. The molecule has 0 unspecified atom stereocenters. The molecule has 26 heavy (non-hydrogen) atoms.